The lowest BCUT2D eigenvalue weighted by Gasteiger charge is -2.20. The number of anilines is 1. The topological polar surface area (TPSA) is 43.8 Å². The Balaban J connectivity index is 2.65. The molecule has 0 amide bonds. The fourth-order valence-corrected chi connectivity index (χ4v) is 2.49. The van der Waals surface area contributed by atoms with Crippen LogP contribution in [0.15, 0.2) is 22.8 Å². The van der Waals surface area contributed by atoms with E-state index in [-0.39, 0.29) is 5.41 Å². The Morgan fingerprint density at radius 3 is 2.37 bits per heavy atom. The van der Waals surface area contributed by atoms with Crippen LogP contribution in [-0.2, 0) is 12.5 Å². The Hall–Kier alpha value is -1.29. The Bertz CT molecular complexity index is 621. The van der Waals surface area contributed by atoms with Crippen molar-refractivity contribution in [2.45, 2.75) is 33.1 Å². The van der Waals surface area contributed by atoms with Gasteiger partial charge in [0.25, 0.3) is 0 Å². The molecule has 0 aliphatic carbocycles. The molecule has 3 nitrogen and oxygen atoms in total. The molecule has 0 saturated heterocycles. The van der Waals surface area contributed by atoms with Gasteiger partial charge in [0.1, 0.15) is 10.3 Å². The first-order valence-electron chi connectivity index (χ1n) is 6.31. The minimum absolute atomic E-state index is 0.120. The van der Waals surface area contributed by atoms with Crippen LogP contribution in [-0.4, -0.2) is 9.55 Å². The summed E-state index contributed by atoms with van der Waals surface area (Å²) in [5, 5.41) is 0. The summed E-state index contributed by atoms with van der Waals surface area (Å²) in [6.45, 7) is 8.73. The average Bonchev–Trinajstić information content (AvgIpc) is 2.56. The number of nitrogens with zero attached hydrogens (tertiary/aromatic N) is 2. The molecular weight excluding hydrogens is 302 g/mol. The van der Waals surface area contributed by atoms with Crippen molar-refractivity contribution in [2.24, 2.45) is 7.05 Å². The lowest BCUT2D eigenvalue weighted by atomic mass is 9.85. The van der Waals surface area contributed by atoms with Crippen molar-refractivity contribution in [3.8, 4) is 11.3 Å². The third kappa shape index (κ3) is 2.54. The van der Waals surface area contributed by atoms with Crippen molar-refractivity contribution in [2.75, 3.05) is 5.73 Å². The summed E-state index contributed by atoms with van der Waals surface area (Å²) in [5.74, 6) is 0.516. The highest BCUT2D eigenvalue weighted by molar-refractivity contribution is 9.10. The highest BCUT2D eigenvalue weighted by Crippen LogP contribution is 2.34. The van der Waals surface area contributed by atoms with Gasteiger partial charge in [0, 0.05) is 12.6 Å². The molecule has 2 N–H and O–H groups in total. The van der Waals surface area contributed by atoms with E-state index in [4.69, 9.17) is 5.73 Å². The summed E-state index contributed by atoms with van der Waals surface area (Å²) in [6, 6.07) is 6.54. The fraction of sp³-hybridized carbons (Fsp3) is 0.400. The molecule has 0 radical (unpaired) electrons. The summed E-state index contributed by atoms with van der Waals surface area (Å²) in [4.78, 5) is 4.46. The van der Waals surface area contributed by atoms with E-state index >= 15 is 0 Å². The van der Waals surface area contributed by atoms with Crippen molar-refractivity contribution < 1.29 is 0 Å². The first kappa shape index (κ1) is 14.1. The zero-order chi connectivity index (χ0) is 14.4. The number of aromatic nitrogens is 2. The van der Waals surface area contributed by atoms with Gasteiger partial charge in [0.05, 0.1) is 0 Å². The first-order chi connectivity index (χ1) is 8.71. The second-order valence-corrected chi connectivity index (χ2v) is 6.70. The number of nitrogen functional groups attached to an aromatic ring is 1. The summed E-state index contributed by atoms with van der Waals surface area (Å²) < 4.78 is 2.76. The summed E-state index contributed by atoms with van der Waals surface area (Å²) >= 11 is 3.57. The number of benzene rings is 1. The summed E-state index contributed by atoms with van der Waals surface area (Å²) in [5.41, 5.74) is 10.5. The smallest absolute Gasteiger partial charge is 0.201 e. The average molecular weight is 322 g/mol. The zero-order valence-corrected chi connectivity index (χ0v) is 13.7. The van der Waals surface area contributed by atoms with E-state index in [1.165, 1.54) is 11.1 Å². The summed E-state index contributed by atoms with van der Waals surface area (Å²) in [6.07, 6.45) is 0. The molecular formula is C15H20BrN3. The van der Waals surface area contributed by atoms with Crippen LogP contribution in [0.4, 0.5) is 5.95 Å². The predicted molar refractivity (Wildman–Crippen MR) is 84.2 cm³/mol. The molecule has 1 aromatic heterocycles. The van der Waals surface area contributed by atoms with E-state index in [1.54, 1.807) is 0 Å². The molecule has 2 rings (SSSR count). The summed E-state index contributed by atoms with van der Waals surface area (Å²) in [7, 11) is 1.90. The molecule has 0 spiro atoms. The van der Waals surface area contributed by atoms with E-state index in [1.807, 2.05) is 11.6 Å². The van der Waals surface area contributed by atoms with Crippen LogP contribution in [0.3, 0.4) is 0 Å². The van der Waals surface area contributed by atoms with E-state index in [9.17, 15) is 0 Å². The molecule has 102 valence electrons. The molecule has 0 fully saturated rings. The molecule has 0 aliphatic rings. The third-order valence-electron chi connectivity index (χ3n) is 3.42. The van der Waals surface area contributed by atoms with Gasteiger partial charge in [-0.1, -0.05) is 32.9 Å². The van der Waals surface area contributed by atoms with Crippen LogP contribution in [0.2, 0.25) is 0 Å². The van der Waals surface area contributed by atoms with Gasteiger partial charge < -0.3 is 10.3 Å². The lowest BCUT2D eigenvalue weighted by molar-refractivity contribution is 0.590. The van der Waals surface area contributed by atoms with E-state index in [0.717, 1.165) is 15.9 Å². The van der Waals surface area contributed by atoms with Crippen LogP contribution in [0.25, 0.3) is 11.3 Å². The van der Waals surface area contributed by atoms with Crippen molar-refractivity contribution in [1.82, 2.24) is 9.55 Å². The first-order valence-corrected chi connectivity index (χ1v) is 7.10. The molecule has 19 heavy (non-hydrogen) atoms. The maximum Gasteiger partial charge on any atom is 0.201 e. The molecule has 0 unspecified atom stereocenters. The van der Waals surface area contributed by atoms with Crippen molar-refractivity contribution in [3.63, 3.8) is 0 Å². The minimum Gasteiger partial charge on any atom is -0.369 e. The molecule has 0 bridgehead atoms. The van der Waals surface area contributed by atoms with Gasteiger partial charge in [-0.15, -0.1) is 0 Å². The van der Waals surface area contributed by atoms with Gasteiger partial charge in [-0.2, -0.15) is 0 Å². The second kappa shape index (κ2) is 4.67. The molecule has 0 aliphatic heterocycles. The molecule has 0 saturated carbocycles. The maximum atomic E-state index is 5.87. The third-order valence-corrected chi connectivity index (χ3v) is 4.33. The fourth-order valence-electron chi connectivity index (χ4n) is 2.01. The number of aryl methyl sites for hydroxylation is 1. The Kier molecular flexibility index (Phi) is 3.47. The standard InChI is InChI=1S/C15H20BrN3/c1-9-6-7-10(15(2,3)4)8-11(9)12-13(16)19(5)14(17)18-12/h6-8H,1-5H3,(H2,17,18). The largest absolute Gasteiger partial charge is 0.369 e. The van der Waals surface area contributed by atoms with Crippen LogP contribution < -0.4 is 5.73 Å². The molecule has 1 heterocycles. The van der Waals surface area contributed by atoms with Gasteiger partial charge in [-0.3, -0.25) is 0 Å². The van der Waals surface area contributed by atoms with Crippen LogP contribution >= 0.6 is 15.9 Å². The van der Waals surface area contributed by atoms with E-state index in [0.29, 0.717) is 5.95 Å². The van der Waals surface area contributed by atoms with Gasteiger partial charge in [0.15, 0.2) is 0 Å². The second-order valence-electron chi connectivity index (χ2n) is 5.95. The van der Waals surface area contributed by atoms with E-state index < -0.39 is 0 Å². The van der Waals surface area contributed by atoms with Gasteiger partial charge >= 0.3 is 0 Å². The number of hydrogen-bond acceptors (Lipinski definition) is 2. The lowest BCUT2D eigenvalue weighted by Crippen LogP contribution is -2.11. The number of nitrogens with two attached hydrogens (primary N) is 1. The van der Waals surface area contributed by atoms with Gasteiger partial charge in [-0.05, 0) is 45.5 Å². The predicted octanol–water partition coefficient (Wildman–Crippen LogP) is 4.04. The maximum absolute atomic E-state index is 5.87. The van der Waals surface area contributed by atoms with Crippen LogP contribution in [0.5, 0.6) is 0 Å². The van der Waals surface area contributed by atoms with E-state index in [2.05, 4.69) is 66.8 Å². The minimum atomic E-state index is 0.120. The molecule has 4 heteroatoms. The number of imidazole rings is 1. The SMILES string of the molecule is Cc1ccc(C(C)(C)C)cc1-c1nc(N)n(C)c1Br. The highest BCUT2D eigenvalue weighted by Gasteiger charge is 2.18. The van der Waals surface area contributed by atoms with Crippen molar-refractivity contribution in [3.05, 3.63) is 33.9 Å². The van der Waals surface area contributed by atoms with Gasteiger partial charge in [-0.25, -0.2) is 4.98 Å². The molecule has 0 atom stereocenters. The normalized spacial score (nSPS) is 11.9. The monoisotopic (exact) mass is 321 g/mol. The number of halogens is 1. The zero-order valence-electron chi connectivity index (χ0n) is 12.1. The Morgan fingerprint density at radius 2 is 1.89 bits per heavy atom. The number of hydrogen-bond donors (Lipinski definition) is 1. The molecule has 2 aromatic rings. The van der Waals surface area contributed by atoms with Crippen LogP contribution in [0, 0.1) is 6.92 Å². The Labute approximate surface area is 123 Å². The van der Waals surface area contributed by atoms with Crippen LogP contribution in [0.1, 0.15) is 31.9 Å². The van der Waals surface area contributed by atoms with Crippen molar-refractivity contribution in [1.29, 1.82) is 0 Å². The highest BCUT2D eigenvalue weighted by atomic mass is 79.9. The number of rotatable bonds is 1. The molecule has 1 aromatic carbocycles. The van der Waals surface area contributed by atoms with Crippen molar-refractivity contribution >= 4 is 21.9 Å². The quantitative estimate of drug-likeness (QED) is 0.861. The Morgan fingerprint density at radius 1 is 1.26 bits per heavy atom. The van der Waals surface area contributed by atoms with Gasteiger partial charge in [0.2, 0.25) is 5.95 Å².